The molecule has 0 amide bonds. The lowest BCUT2D eigenvalue weighted by Crippen LogP contribution is -2.43. The lowest BCUT2D eigenvalue weighted by Gasteiger charge is -2.21. The van der Waals surface area contributed by atoms with Crippen LogP contribution in [0.2, 0.25) is 0 Å². The number of aromatic nitrogens is 2. The van der Waals surface area contributed by atoms with Crippen molar-refractivity contribution in [3.05, 3.63) is 17.0 Å². The third kappa shape index (κ3) is 6.81. The number of methoxy groups -OCH3 is 1. The van der Waals surface area contributed by atoms with Crippen molar-refractivity contribution in [1.82, 2.24) is 25.3 Å². The Morgan fingerprint density at radius 3 is 2.67 bits per heavy atom. The van der Waals surface area contributed by atoms with Crippen LogP contribution in [0.5, 0.6) is 0 Å². The zero-order chi connectivity index (χ0) is 19.8. The number of ether oxygens (including phenoxy) is 1. The van der Waals surface area contributed by atoms with Crippen LogP contribution in [0.3, 0.4) is 0 Å². The van der Waals surface area contributed by atoms with Crippen LogP contribution >= 0.6 is 0 Å². The summed E-state index contributed by atoms with van der Waals surface area (Å²) in [6.07, 6.45) is 3.57. The van der Waals surface area contributed by atoms with Crippen LogP contribution in [-0.4, -0.2) is 72.6 Å². The second-order valence-electron chi connectivity index (χ2n) is 7.54. The average molecular weight is 379 g/mol. The van der Waals surface area contributed by atoms with Gasteiger partial charge in [0.15, 0.2) is 5.96 Å². The monoisotopic (exact) mass is 378 g/mol. The van der Waals surface area contributed by atoms with Gasteiger partial charge in [-0.25, -0.2) is 0 Å². The summed E-state index contributed by atoms with van der Waals surface area (Å²) in [4.78, 5) is 7.30. The average Bonchev–Trinajstić information content (AvgIpc) is 3.43. The van der Waals surface area contributed by atoms with E-state index in [1.54, 1.807) is 7.11 Å². The second-order valence-corrected chi connectivity index (χ2v) is 7.54. The van der Waals surface area contributed by atoms with Crippen molar-refractivity contribution in [2.75, 3.05) is 39.9 Å². The fraction of sp³-hybridized carbons (Fsp3) is 0.800. The van der Waals surface area contributed by atoms with Crippen molar-refractivity contribution in [3.63, 3.8) is 0 Å². The Labute approximate surface area is 164 Å². The summed E-state index contributed by atoms with van der Waals surface area (Å²) in [6.45, 7) is 13.0. The van der Waals surface area contributed by atoms with Gasteiger partial charge in [-0.3, -0.25) is 14.6 Å². The molecule has 0 bridgehead atoms. The van der Waals surface area contributed by atoms with Gasteiger partial charge in [-0.15, -0.1) is 0 Å². The summed E-state index contributed by atoms with van der Waals surface area (Å²) < 4.78 is 7.20. The van der Waals surface area contributed by atoms with E-state index in [0.717, 1.165) is 56.9 Å². The standard InChI is InChI=1S/C20H38N6O/c1-7-21-20(22-10-11-26(12-13-27-6)18-8-9-18)23-15(2)14-19-16(3)24-25(5)17(19)4/h15,18H,7-14H2,1-6H3,(H2,21,22,23). The molecule has 1 saturated carbocycles. The number of hydrogen-bond acceptors (Lipinski definition) is 4. The van der Waals surface area contributed by atoms with E-state index in [1.165, 1.54) is 24.1 Å². The molecule has 1 unspecified atom stereocenters. The third-order valence-corrected chi connectivity index (χ3v) is 5.20. The molecule has 0 aliphatic heterocycles. The Morgan fingerprint density at radius 2 is 2.11 bits per heavy atom. The Kier molecular flexibility index (Phi) is 8.57. The summed E-state index contributed by atoms with van der Waals surface area (Å²) >= 11 is 0. The fourth-order valence-corrected chi connectivity index (χ4v) is 3.44. The molecule has 1 aliphatic rings. The van der Waals surface area contributed by atoms with Crippen LogP contribution in [0.25, 0.3) is 0 Å². The minimum Gasteiger partial charge on any atom is -0.383 e. The molecule has 7 nitrogen and oxygen atoms in total. The first kappa shape index (κ1) is 21.7. The molecule has 27 heavy (non-hydrogen) atoms. The zero-order valence-corrected chi connectivity index (χ0v) is 18.0. The number of aryl methyl sites for hydroxylation is 2. The zero-order valence-electron chi connectivity index (χ0n) is 18.0. The maximum Gasteiger partial charge on any atom is 0.191 e. The van der Waals surface area contributed by atoms with E-state index in [2.05, 4.69) is 48.3 Å². The topological polar surface area (TPSA) is 66.7 Å². The molecule has 0 aromatic carbocycles. The van der Waals surface area contributed by atoms with Crippen molar-refractivity contribution in [2.24, 2.45) is 12.0 Å². The number of nitrogens with zero attached hydrogens (tertiary/aromatic N) is 4. The van der Waals surface area contributed by atoms with E-state index in [1.807, 2.05) is 11.7 Å². The first-order chi connectivity index (χ1) is 13.0. The number of rotatable bonds is 11. The third-order valence-electron chi connectivity index (χ3n) is 5.20. The fourth-order valence-electron chi connectivity index (χ4n) is 3.44. The van der Waals surface area contributed by atoms with Crippen LogP contribution in [-0.2, 0) is 18.2 Å². The highest BCUT2D eigenvalue weighted by atomic mass is 16.5. The summed E-state index contributed by atoms with van der Waals surface area (Å²) in [5, 5.41) is 11.4. The van der Waals surface area contributed by atoms with Gasteiger partial charge in [-0.05, 0) is 52.5 Å². The van der Waals surface area contributed by atoms with E-state index in [-0.39, 0.29) is 6.04 Å². The molecule has 0 saturated heterocycles. The molecule has 0 spiro atoms. The van der Waals surface area contributed by atoms with Crippen molar-refractivity contribution in [1.29, 1.82) is 0 Å². The SMILES string of the molecule is CCNC(=NCCN(CCOC)C1CC1)NC(C)Cc1c(C)nn(C)c1C. The van der Waals surface area contributed by atoms with Crippen LogP contribution < -0.4 is 10.6 Å². The quantitative estimate of drug-likeness (QED) is 0.453. The number of nitrogens with one attached hydrogen (secondary N) is 2. The molecule has 2 rings (SSSR count). The highest BCUT2D eigenvalue weighted by molar-refractivity contribution is 5.80. The van der Waals surface area contributed by atoms with Gasteiger partial charge in [-0.2, -0.15) is 5.10 Å². The van der Waals surface area contributed by atoms with E-state index >= 15 is 0 Å². The first-order valence-electron chi connectivity index (χ1n) is 10.2. The Bertz CT molecular complexity index is 608. The van der Waals surface area contributed by atoms with Gasteiger partial charge >= 0.3 is 0 Å². The van der Waals surface area contributed by atoms with Crippen LogP contribution in [0, 0.1) is 13.8 Å². The van der Waals surface area contributed by atoms with Crippen LogP contribution in [0.1, 0.15) is 43.6 Å². The van der Waals surface area contributed by atoms with Gasteiger partial charge in [0.2, 0.25) is 0 Å². The molecule has 1 heterocycles. The van der Waals surface area contributed by atoms with E-state index in [9.17, 15) is 0 Å². The highest BCUT2D eigenvalue weighted by Crippen LogP contribution is 2.26. The molecular weight excluding hydrogens is 340 g/mol. The number of hydrogen-bond donors (Lipinski definition) is 2. The maximum atomic E-state index is 5.24. The summed E-state index contributed by atoms with van der Waals surface area (Å²) in [5.74, 6) is 0.895. The number of guanidine groups is 1. The maximum absolute atomic E-state index is 5.24. The van der Waals surface area contributed by atoms with Crippen molar-refractivity contribution >= 4 is 5.96 Å². The molecule has 154 valence electrons. The highest BCUT2D eigenvalue weighted by Gasteiger charge is 2.28. The lowest BCUT2D eigenvalue weighted by molar-refractivity contribution is 0.145. The van der Waals surface area contributed by atoms with Gasteiger partial charge in [0, 0.05) is 51.6 Å². The summed E-state index contributed by atoms with van der Waals surface area (Å²) in [6, 6.07) is 1.03. The predicted molar refractivity (Wildman–Crippen MR) is 111 cm³/mol. The normalized spacial score (nSPS) is 16.0. The molecule has 1 atom stereocenters. The minimum absolute atomic E-state index is 0.289. The molecule has 7 heteroatoms. The summed E-state index contributed by atoms with van der Waals surface area (Å²) in [5.41, 5.74) is 3.68. The molecule has 0 radical (unpaired) electrons. The van der Waals surface area contributed by atoms with Crippen LogP contribution in [0.15, 0.2) is 4.99 Å². The van der Waals surface area contributed by atoms with Gasteiger partial charge < -0.3 is 15.4 Å². The molecule has 1 fully saturated rings. The lowest BCUT2D eigenvalue weighted by atomic mass is 10.1. The molecular formula is C20H38N6O. The van der Waals surface area contributed by atoms with Crippen molar-refractivity contribution in [2.45, 2.75) is 59.0 Å². The molecule has 1 aromatic heterocycles. The Morgan fingerprint density at radius 1 is 1.37 bits per heavy atom. The van der Waals surface area contributed by atoms with Crippen molar-refractivity contribution < 1.29 is 4.74 Å². The summed E-state index contributed by atoms with van der Waals surface area (Å²) in [7, 11) is 3.77. The minimum atomic E-state index is 0.289. The Balaban J connectivity index is 1.88. The smallest absolute Gasteiger partial charge is 0.191 e. The molecule has 2 N–H and O–H groups in total. The van der Waals surface area contributed by atoms with E-state index in [0.29, 0.717) is 0 Å². The first-order valence-corrected chi connectivity index (χ1v) is 10.2. The molecule has 1 aliphatic carbocycles. The molecule has 1 aromatic rings. The van der Waals surface area contributed by atoms with Gasteiger partial charge in [-0.1, -0.05) is 0 Å². The van der Waals surface area contributed by atoms with Crippen LogP contribution in [0.4, 0.5) is 0 Å². The van der Waals surface area contributed by atoms with E-state index in [4.69, 9.17) is 9.73 Å². The van der Waals surface area contributed by atoms with E-state index < -0.39 is 0 Å². The number of aliphatic imine (C=N–C) groups is 1. The van der Waals surface area contributed by atoms with Crippen molar-refractivity contribution in [3.8, 4) is 0 Å². The Hall–Kier alpha value is -1.60. The van der Waals surface area contributed by atoms with Gasteiger partial charge in [0.1, 0.15) is 0 Å². The predicted octanol–water partition coefficient (Wildman–Crippen LogP) is 1.63. The van der Waals surface area contributed by atoms with Gasteiger partial charge in [0.25, 0.3) is 0 Å². The van der Waals surface area contributed by atoms with Gasteiger partial charge in [0.05, 0.1) is 18.8 Å². The largest absolute Gasteiger partial charge is 0.383 e. The second kappa shape index (κ2) is 10.7.